The molecule has 2 amide bonds. The highest BCUT2D eigenvalue weighted by Crippen LogP contribution is 2.30. The smallest absolute Gasteiger partial charge is 0.258 e. The third-order valence-electron chi connectivity index (χ3n) is 5.18. The lowest BCUT2D eigenvalue weighted by Gasteiger charge is -2.23. The number of hydrogen-bond donors (Lipinski definition) is 4. The van der Waals surface area contributed by atoms with Crippen molar-refractivity contribution in [2.75, 3.05) is 24.3 Å². The van der Waals surface area contributed by atoms with E-state index in [-0.39, 0.29) is 35.6 Å². The van der Waals surface area contributed by atoms with Gasteiger partial charge in [0.15, 0.2) is 0 Å². The standard InChI is InChI=1S/C23H23N5O4/c1-32-17-10-6-5-9-16(17)25-23-27-20-19(22(31)28-23)15(13-18(29)26-20)21(30)24-12-11-14-7-3-2-4-8-14/h2-10,15H,11-13H2,1H3,(H,24,30)(H3,25,26,27,28,29,31)/t15-/m1/s1. The summed E-state index contributed by atoms with van der Waals surface area (Å²) in [5.41, 5.74) is 1.33. The summed E-state index contributed by atoms with van der Waals surface area (Å²) in [6.45, 7) is 0.398. The molecular formula is C23H23N5O4. The second-order valence-electron chi connectivity index (χ2n) is 7.33. The molecule has 0 saturated heterocycles. The Hall–Kier alpha value is -4.14. The van der Waals surface area contributed by atoms with Crippen molar-refractivity contribution in [1.82, 2.24) is 15.3 Å². The Kier molecular flexibility index (Phi) is 6.16. The monoisotopic (exact) mass is 433 g/mol. The quantitative estimate of drug-likeness (QED) is 0.453. The number of ether oxygens (including phenoxy) is 1. The van der Waals surface area contributed by atoms with Gasteiger partial charge in [-0.25, -0.2) is 0 Å². The zero-order valence-electron chi connectivity index (χ0n) is 17.5. The van der Waals surface area contributed by atoms with Crippen molar-refractivity contribution in [3.63, 3.8) is 0 Å². The first-order valence-corrected chi connectivity index (χ1v) is 10.2. The average molecular weight is 433 g/mol. The Morgan fingerprint density at radius 3 is 2.66 bits per heavy atom. The van der Waals surface area contributed by atoms with Crippen LogP contribution in [-0.2, 0) is 16.0 Å². The first-order chi connectivity index (χ1) is 15.5. The molecule has 1 aliphatic rings. The molecule has 0 fully saturated rings. The summed E-state index contributed by atoms with van der Waals surface area (Å²) >= 11 is 0. The number of anilines is 3. The first-order valence-electron chi connectivity index (χ1n) is 10.2. The summed E-state index contributed by atoms with van der Waals surface area (Å²) in [5, 5.41) is 8.41. The SMILES string of the molecule is COc1ccccc1Nc1nc2c(c(=O)[nH]1)[C@H](C(=O)NCCc1ccccc1)CC(=O)N2. The zero-order chi connectivity index (χ0) is 22.5. The van der Waals surface area contributed by atoms with Crippen molar-refractivity contribution < 1.29 is 14.3 Å². The zero-order valence-corrected chi connectivity index (χ0v) is 17.5. The lowest BCUT2D eigenvalue weighted by Crippen LogP contribution is -2.39. The average Bonchev–Trinajstić information content (AvgIpc) is 2.79. The van der Waals surface area contributed by atoms with E-state index in [0.29, 0.717) is 24.4 Å². The fourth-order valence-electron chi connectivity index (χ4n) is 3.63. The summed E-state index contributed by atoms with van der Waals surface area (Å²) in [6, 6.07) is 16.9. The van der Waals surface area contributed by atoms with E-state index in [1.165, 1.54) is 7.11 Å². The Labute approximate surface area is 184 Å². The van der Waals surface area contributed by atoms with E-state index in [1.807, 2.05) is 36.4 Å². The molecule has 4 N–H and O–H groups in total. The van der Waals surface area contributed by atoms with Crippen LogP contribution in [-0.4, -0.2) is 35.4 Å². The van der Waals surface area contributed by atoms with Crippen molar-refractivity contribution in [1.29, 1.82) is 0 Å². The van der Waals surface area contributed by atoms with Crippen LogP contribution in [0.15, 0.2) is 59.4 Å². The van der Waals surface area contributed by atoms with Gasteiger partial charge in [0.05, 0.1) is 24.3 Å². The van der Waals surface area contributed by atoms with Gasteiger partial charge >= 0.3 is 0 Å². The second kappa shape index (κ2) is 9.34. The molecule has 0 unspecified atom stereocenters. The number of fused-ring (bicyclic) bond motifs is 1. The Morgan fingerprint density at radius 2 is 1.88 bits per heavy atom. The van der Waals surface area contributed by atoms with Gasteiger partial charge in [0.2, 0.25) is 17.8 Å². The number of rotatable bonds is 7. The largest absolute Gasteiger partial charge is 0.495 e. The summed E-state index contributed by atoms with van der Waals surface area (Å²) in [4.78, 5) is 44.9. The van der Waals surface area contributed by atoms with E-state index < -0.39 is 11.5 Å². The van der Waals surface area contributed by atoms with E-state index in [1.54, 1.807) is 18.2 Å². The number of nitrogens with one attached hydrogen (secondary N) is 4. The number of benzene rings is 2. The van der Waals surface area contributed by atoms with Crippen molar-refractivity contribution in [3.05, 3.63) is 76.1 Å². The van der Waals surface area contributed by atoms with E-state index >= 15 is 0 Å². The number of aromatic nitrogens is 2. The van der Waals surface area contributed by atoms with Gasteiger partial charge in [0.25, 0.3) is 5.56 Å². The molecule has 2 aromatic carbocycles. The van der Waals surface area contributed by atoms with Crippen LogP contribution in [0, 0.1) is 0 Å². The fraction of sp³-hybridized carbons (Fsp3) is 0.217. The molecule has 0 aliphatic carbocycles. The maximum absolute atomic E-state index is 12.8. The number of carbonyl (C=O) groups excluding carboxylic acids is 2. The molecule has 0 bridgehead atoms. The van der Waals surface area contributed by atoms with Gasteiger partial charge in [-0.15, -0.1) is 0 Å². The maximum Gasteiger partial charge on any atom is 0.258 e. The van der Waals surface area contributed by atoms with Crippen LogP contribution >= 0.6 is 0 Å². The van der Waals surface area contributed by atoms with Crippen LogP contribution in [0.2, 0.25) is 0 Å². The van der Waals surface area contributed by atoms with Crippen LogP contribution in [0.4, 0.5) is 17.5 Å². The second-order valence-corrected chi connectivity index (χ2v) is 7.33. The van der Waals surface area contributed by atoms with Crippen LogP contribution in [0.5, 0.6) is 5.75 Å². The molecule has 3 aromatic rings. The third kappa shape index (κ3) is 4.61. The summed E-state index contributed by atoms with van der Waals surface area (Å²) < 4.78 is 5.29. The Morgan fingerprint density at radius 1 is 1.12 bits per heavy atom. The van der Waals surface area contributed by atoms with E-state index in [0.717, 1.165) is 5.56 Å². The summed E-state index contributed by atoms with van der Waals surface area (Å²) in [5.74, 6) is -0.898. The van der Waals surface area contributed by atoms with E-state index in [4.69, 9.17) is 4.74 Å². The molecule has 2 heterocycles. The van der Waals surface area contributed by atoms with Gasteiger partial charge in [-0.2, -0.15) is 4.98 Å². The number of aromatic amines is 1. The maximum atomic E-state index is 12.8. The van der Waals surface area contributed by atoms with E-state index in [9.17, 15) is 14.4 Å². The molecule has 0 spiro atoms. The van der Waals surface area contributed by atoms with Crippen molar-refractivity contribution in [2.24, 2.45) is 0 Å². The molecule has 9 heteroatoms. The lowest BCUT2D eigenvalue weighted by molar-refractivity contribution is -0.126. The van der Waals surface area contributed by atoms with Gasteiger partial charge in [0, 0.05) is 13.0 Å². The molecule has 0 radical (unpaired) electrons. The number of carbonyl (C=O) groups is 2. The topological polar surface area (TPSA) is 125 Å². The number of nitrogens with zero attached hydrogens (tertiary/aromatic N) is 1. The Bertz CT molecular complexity index is 1190. The number of methoxy groups -OCH3 is 1. The van der Waals surface area contributed by atoms with Crippen molar-refractivity contribution >= 4 is 29.3 Å². The van der Waals surface area contributed by atoms with Crippen LogP contribution in [0.1, 0.15) is 23.5 Å². The third-order valence-corrected chi connectivity index (χ3v) is 5.18. The van der Waals surface area contributed by atoms with Crippen LogP contribution in [0.25, 0.3) is 0 Å². The molecule has 1 aromatic heterocycles. The summed E-state index contributed by atoms with van der Waals surface area (Å²) in [6.07, 6.45) is 0.531. The highest BCUT2D eigenvalue weighted by Gasteiger charge is 2.34. The molecule has 9 nitrogen and oxygen atoms in total. The molecular weight excluding hydrogens is 410 g/mol. The molecule has 4 rings (SSSR count). The predicted molar refractivity (Wildman–Crippen MR) is 120 cm³/mol. The first kappa shape index (κ1) is 21.1. The highest BCUT2D eigenvalue weighted by molar-refractivity contribution is 6.00. The number of hydrogen-bond acceptors (Lipinski definition) is 6. The van der Waals surface area contributed by atoms with Gasteiger partial charge < -0.3 is 20.7 Å². The van der Waals surface area contributed by atoms with E-state index in [2.05, 4.69) is 25.9 Å². The van der Waals surface area contributed by atoms with Gasteiger partial charge in [-0.3, -0.25) is 19.4 Å². The van der Waals surface area contributed by atoms with Crippen molar-refractivity contribution in [2.45, 2.75) is 18.8 Å². The predicted octanol–water partition coefficient (Wildman–Crippen LogP) is 2.31. The minimum atomic E-state index is -0.911. The summed E-state index contributed by atoms with van der Waals surface area (Å²) in [7, 11) is 1.53. The minimum absolute atomic E-state index is 0.0746. The Balaban J connectivity index is 1.53. The van der Waals surface area contributed by atoms with Crippen LogP contribution < -0.4 is 26.2 Å². The van der Waals surface area contributed by atoms with Gasteiger partial charge in [-0.05, 0) is 24.1 Å². The van der Waals surface area contributed by atoms with Crippen molar-refractivity contribution in [3.8, 4) is 5.75 Å². The van der Waals surface area contributed by atoms with Gasteiger partial charge in [-0.1, -0.05) is 42.5 Å². The fourth-order valence-corrected chi connectivity index (χ4v) is 3.63. The molecule has 164 valence electrons. The van der Waals surface area contributed by atoms with Gasteiger partial charge in [0.1, 0.15) is 11.6 Å². The minimum Gasteiger partial charge on any atom is -0.495 e. The molecule has 1 aliphatic heterocycles. The highest BCUT2D eigenvalue weighted by atomic mass is 16.5. The molecule has 1 atom stereocenters. The molecule has 32 heavy (non-hydrogen) atoms. The number of amides is 2. The lowest BCUT2D eigenvalue weighted by atomic mass is 9.92. The number of para-hydroxylation sites is 2. The van der Waals surface area contributed by atoms with Crippen LogP contribution in [0.3, 0.4) is 0 Å². The normalized spacial score (nSPS) is 14.8. The number of H-pyrrole nitrogens is 1. The molecule has 0 saturated carbocycles.